The van der Waals surface area contributed by atoms with E-state index < -0.39 is 17.8 Å². The normalized spacial score (nSPS) is 16.2. The molecule has 0 spiro atoms. The lowest BCUT2D eigenvalue weighted by Crippen LogP contribution is -2.31. The van der Waals surface area contributed by atoms with Crippen LogP contribution in [-0.2, 0) is 24.1 Å². The Kier molecular flexibility index (Phi) is 4.38. The van der Waals surface area contributed by atoms with Crippen LogP contribution < -0.4 is 5.32 Å². The molecule has 130 valence electrons. The molecule has 2 heterocycles. The zero-order valence-corrected chi connectivity index (χ0v) is 13.1. The van der Waals surface area contributed by atoms with Gasteiger partial charge in [-0.1, -0.05) is 6.92 Å². The monoisotopic (exact) mass is 341 g/mol. The first kappa shape index (κ1) is 16.6. The Hall–Kier alpha value is -2.25. The van der Waals surface area contributed by atoms with E-state index in [9.17, 15) is 18.0 Å². The highest BCUT2D eigenvalue weighted by atomic mass is 19.4. The van der Waals surface area contributed by atoms with E-state index in [4.69, 9.17) is 4.42 Å². The number of alkyl halides is 3. The number of hydrogen-bond donors (Lipinski definition) is 1. The van der Waals surface area contributed by atoms with Crippen molar-refractivity contribution in [2.24, 2.45) is 5.92 Å². The van der Waals surface area contributed by atoms with Gasteiger partial charge in [-0.05, 0) is 31.0 Å². The number of carbonyl (C=O) groups is 1. The van der Waals surface area contributed by atoms with Gasteiger partial charge in [0.15, 0.2) is 5.69 Å². The van der Waals surface area contributed by atoms with Gasteiger partial charge < -0.3 is 9.73 Å². The molecule has 1 aliphatic rings. The van der Waals surface area contributed by atoms with Crippen LogP contribution in [-0.4, -0.2) is 15.7 Å². The summed E-state index contributed by atoms with van der Waals surface area (Å²) in [6.45, 7) is 2.04. The summed E-state index contributed by atoms with van der Waals surface area (Å²) in [5.74, 6) is -0.0182. The average Bonchev–Trinajstić information content (AvgIpc) is 3.05. The fourth-order valence-electron chi connectivity index (χ4n) is 2.53. The summed E-state index contributed by atoms with van der Waals surface area (Å²) in [4.78, 5) is 12.1. The van der Waals surface area contributed by atoms with Crippen LogP contribution in [0.1, 0.15) is 42.8 Å². The molecule has 0 radical (unpaired) electrons. The molecule has 3 rings (SSSR count). The predicted molar refractivity (Wildman–Crippen MR) is 78.9 cm³/mol. The topological polar surface area (TPSA) is 60.1 Å². The molecular weight excluding hydrogens is 323 g/mol. The largest absolute Gasteiger partial charge is 0.467 e. The molecule has 0 aliphatic heterocycles. The van der Waals surface area contributed by atoms with Crippen LogP contribution >= 0.6 is 0 Å². The first-order valence-electron chi connectivity index (χ1n) is 7.79. The third kappa shape index (κ3) is 3.80. The van der Waals surface area contributed by atoms with Crippen molar-refractivity contribution in [3.8, 4) is 0 Å². The number of amides is 1. The summed E-state index contributed by atoms with van der Waals surface area (Å²) in [6, 6.07) is 4.56. The van der Waals surface area contributed by atoms with Crippen LogP contribution in [0.4, 0.5) is 13.2 Å². The van der Waals surface area contributed by atoms with E-state index in [1.54, 1.807) is 19.1 Å². The van der Waals surface area contributed by atoms with Crippen LogP contribution in [0.15, 0.2) is 28.9 Å². The summed E-state index contributed by atoms with van der Waals surface area (Å²) in [5.41, 5.74) is -0.333. The molecule has 1 saturated carbocycles. The van der Waals surface area contributed by atoms with E-state index in [0.717, 1.165) is 18.9 Å². The average molecular weight is 341 g/mol. The number of nitrogens with one attached hydrogen (secondary N) is 1. The number of nitrogens with zero attached hydrogens (tertiary/aromatic N) is 2. The van der Waals surface area contributed by atoms with Gasteiger partial charge in [0, 0.05) is 11.6 Å². The summed E-state index contributed by atoms with van der Waals surface area (Å²) < 4.78 is 45.1. The van der Waals surface area contributed by atoms with Crippen molar-refractivity contribution in [1.82, 2.24) is 15.1 Å². The first-order valence-corrected chi connectivity index (χ1v) is 7.79. The van der Waals surface area contributed by atoms with Crippen molar-refractivity contribution in [3.63, 3.8) is 0 Å². The van der Waals surface area contributed by atoms with Gasteiger partial charge in [-0.2, -0.15) is 18.3 Å². The number of furan rings is 1. The molecule has 8 heteroatoms. The van der Waals surface area contributed by atoms with Crippen molar-refractivity contribution >= 4 is 5.91 Å². The highest BCUT2D eigenvalue weighted by Crippen LogP contribution is 2.42. The fourth-order valence-corrected chi connectivity index (χ4v) is 2.53. The van der Waals surface area contributed by atoms with E-state index in [1.807, 2.05) is 0 Å². The minimum Gasteiger partial charge on any atom is -0.467 e. The Morgan fingerprint density at radius 1 is 1.50 bits per heavy atom. The second-order valence-electron chi connectivity index (χ2n) is 6.11. The molecule has 1 unspecified atom stereocenters. The summed E-state index contributed by atoms with van der Waals surface area (Å²) in [5, 5.41) is 6.38. The van der Waals surface area contributed by atoms with Gasteiger partial charge >= 0.3 is 6.18 Å². The zero-order valence-electron chi connectivity index (χ0n) is 13.1. The molecule has 0 bridgehead atoms. The van der Waals surface area contributed by atoms with Crippen molar-refractivity contribution in [3.05, 3.63) is 41.6 Å². The van der Waals surface area contributed by atoms with Gasteiger partial charge in [0.25, 0.3) is 0 Å². The Morgan fingerprint density at radius 3 is 2.83 bits per heavy atom. The van der Waals surface area contributed by atoms with Gasteiger partial charge in [0.05, 0.1) is 25.3 Å². The van der Waals surface area contributed by atoms with Crippen LogP contribution in [0.3, 0.4) is 0 Å². The minimum absolute atomic E-state index is 0.117. The summed E-state index contributed by atoms with van der Waals surface area (Å²) in [7, 11) is 0. The van der Waals surface area contributed by atoms with Crippen molar-refractivity contribution in [2.75, 3.05) is 0 Å². The lowest BCUT2D eigenvalue weighted by Gasteiger charge is -2.14. The molecule has 1 atom stereocenters. The van der Waals surface area contributed by atoms with Crippen molar-refractivity contribution in [1.29, 1.82) is 0 Å². The maximum atomic E-state index is 12.9. The molecule has 2 aromatic rings. The highest BCUT2D eigenvalue weighted by molar-refractivity contribution is 5.78. The van der Waals surface area contributed by atoms with E-state index >= 15 is 0 Å². The van der Waals surface area contributed by atoms with Crippen molar-refractivity contribution < 1.29 is 22.4 Å². The first-order chi connectivity index (χ1) is 11.3. The Balaban J connectivity index is 1.65. The molecule has 0 saturated heterocycles. The lowest BCUT2D eigenvalue weighted by atomic mass is 10.1. The summed E-state index contributed by atoms with van der Waals surface area (Å²) >= 11 is 0. The molecule has 1 fully saturated rings. The van der Waals surface area contributed by atoms with Crippen LogP contribution in [0.5, 0.6) is 0 Å². The number of rotatable bonds is 6. The molecule has 5 nitrogen and oxygen atoms in total. The third-order valence-corrected chi connectivity index (χ3v) is 4.01. The van der Waals surface area contributed by atoms with Crippen LogP contribution in [0.2, 0.25) is 0 Å². The van der Waals surface area contributed by atoms with Crippen LogP contribution in [0, 0.1) is 5.92 Å². The molecule has 1 aliphatic carbocycles. The SMILES string of the molecule is CC(Cn1nc(C(F)(F)F)cc1C1CC1)C(=O)NCc1ccco1. The number of hydrogen-bond acceptors (Lipinski definition) is 3. The molecular formula is C16H18F3N3O2. The molecule has 1 N–H and O–H groups in total. The smallest absolute Gasteiger partial charge is 0.435 e. The number of aromatic nitrogens is 2. The Labute approximate surface area is 136 Å². The van der Waals surface area contributed by atoms with Gasteiger partial charge in [-0.3, -0.25) is 9.48 Å². The van der Waals surface area contributed by atoms with E-state index in [1.165, 1.54) is 10.9 Å². The number of halogens is 3. The second kappa shape index (κ2) is 6.33. The molecule has 24 heavy (non-hydrogen) atoms. The Bertz CT molecular complexity index is 703. The third-order valence-electron chi connectivity index (χ3n) is 4.01. The zero-order chi connectivity index (χ0) is 17.3. The molecule has 1 amide bonds. The van der Waals surface area contributed by atoms with Crippen molar-refractivity contribution in [2.45, 2.75) is 44.9 Å². The standard InChI is InChI=1S/C16H18F3N3O2/c1-10(15(23)20-8-12-3-2-6-24-12)9-22-13(11-4-5-11)7-14(21-22)16(17,18)19/h2-3,6-7,10-11H,4-5,8-9H2,1H3,(H,20,23). The van der Waals surface area contributed by atoms with Gasteiger partial charge in [-0.25, -0.2) is 0 Å². The second-order valence-corrected chi connectivity index (χ2v) is 6.11. The van der Waals surface area contributed by atoms with Gasteiger partial charge in [-0.15, -0.1) is 0 Å². The highest BCUT2D eigenvalue weighted by Gasteiger charge is 2.38. The lowest BCUT2D eigenvalue weighted by molar-refractivity contribution is -0.141. The van der Waals surface area contributed by atoms with Crippen LogP contribution in [0.25, 0.3) is 0 Å². The summed E-state index contributed by atoms with van der Waals surface area (Å²) in [6.07, 6.45) is -1.24. The molecule has 2 aromatic heterocycles. The van der Waals surface area contributed by atoms with Gasteiger partial charge in [0.1, 0.15) is 5.76 Å². The molecule has 0 aromatic carbocycles. The van der Waals surface area contributed by atoms with E-state index in [-0.39, 0.29) is 24.9 Å². The van der Waals surface area contributed by atoms with E-state index in [2.05, 4.69) is 10.4 Å². The van der Waals surface area contributed by atoms with E-state index in [0.29, 0.717) is 11.5 Å². The number of carbonyl (C=O) groups excluding carboxylic acids is 1. The maximum Gasteiger partial charge on any atom is 0.435 e. The maximum absolute atomic E-state index is 12.9. The quantitative estimate of drug-likeness (QED) is 0.877. The predicted octanol–water partition coefficient (Wildman–Crippen LogP) is 3.32. The Morgan fingerprint density at radius 2 is 2.25 bits per heavy atom. The fraction of sp³-hybridized carbons (Fsp3) is 0.500. The minimum atomic E-state index is -4.47. The van der Waals surface area contributed by atoms with Gasteiger partial charge in [0.2, 0.25) is 5.91 Å².